The van der Waals surface area contributed by atoms with Gasteiger partial charge in [-0.05, 0) is 22.9 Å². The molecule has 0 aliphatic heterocycles. The van der Waals surface area contributed by atoms with Crippen molar-refractivity contribution >= 4 is 23.0 Å². The molecule has 0 bridgehead atoms. The minimum absolute atomic E-state index is 0.199. The van der Waals surface area contributed by atoms with E-state index in [9.17, 15) is 9.59 Å². The number of carbonyl (C=O) groups excluding carboxylic acids is 1. The van der Waals surface area contributed by atoms with Crippen LogP contribution in [0.1, 0.15) is 15.9 Å². The summed E-state index contributed by atoms with van der Waals surface area (Å²) in [6.45, 7) is 0. The lowest BCUT2D eigenvalue weighted by molar-refractivity contribution is 0.0699. The second kappa shape index (κ2) is 3.53. The highest BCUT2D eigenvalue weighted by atomic mass is 16.4. The highest BCUT2D eigenvalue weighted by Gasteiger charge is 2.10. The fraction of sp³-hybridized carbons (Fsp3) is 0. The summed E-state index contributed by atoms with van der Waals surface area (Å²) >= 11 is 0. The van der Waals surface area contributed by atoms with E-state index in [0.717, 1.165) is 0 Å². The molecule has 1 N–H and O–H groups in total. The first-order valence-corrected chi connectivity index (χ1v) is 4.37. The van der Waals surface area contributed by atoms with Crippen LogP contribution in [0.5, 0.6) is 0 Å². The van der Waals surface area contributed by atoms with Crippen LogP contribution in [0.15, 0.2) is 36.4 Å². The molecule has 2 rings (SSSR count). The summed E-state index contributed by atoms with van der Waals surface area (Å²) in [6.07, 6.45) is 1.79. The topological polar surface area (TPSA) is 54.4 Å². The summed E-state index contributed by atoms with van der Waals surface area (Å²) in [5.41, 5.74) is 0.584. The van der Waals surface area contributed by atoms with E-state index in [2.05, 4.69) is 0 Å². The van der Waals surface area contributed by atoms with Gasteiger partial charge in [0.15, 0.2) is 0 Å². The predicted octanol–water partition coefficient (Wildman–Crippen LogP) is 2.00. The van der Waals surface area contributed by atoms with E-state index in [4.69, 9.17) is 5.11 Å². The first-order chi connectivity index (χ1) is 7.24. The van der Waals surface area contributed by atoms with Gasteiger partial charge in [0.2, 0.25) is 6.29 Å². The number of rotatable bonds is 2. The van der Waals surface area contributed by atoms with Gasteiger partial charge in [-0.1, -0.05) is 24.3 Å². The third-order valence-corrected chi connectivity index (χ3v) is 2.26. The van der Waals surface area contributed by atoms with Gasteiger partial charge in [0.1, 0.15) is 0 Å². The minimum Gasteiger partial charge on any atom is -0.478 e. The zero-order valence-electron chi connectivity index (χ0n) is 7.73. The van der Waals surface area contributed by atoms with Crippen molar-refractivity contribution in [3.63, 3.8) is 0 Å². The number of fused-ring (bicyclic) bond motifs is 1. The summed E-state index contributed by atoms with van der Waals surface area (Å²) in [5.74, 6) is -0.997. The number of carboxylic acid groups (broad SMARTS) is 1. The molecule has 0 heterocycles. The van der Waals surface area contributed by atoms with Crippen molar-refractivity contribution in [3.05, 3.63) is 47.5 Å². The molecule has 0 spiro atoms. The van der Waals surface area contributed by atoms with Gasteiger partial charge in [-0.2, -0.15) is 0 Å². The summed E-state index contributed by atoms with van der Waals surface area (Å²) in [6, 6.07) is 9.78. The number of hydrogen-bond acceptors (Lipinski definition) is 2. The number of carbonyl (C=O) groups is 1. The monoisotopic (exact) mass is 199 g/mol. The van der Waals surface area contributed by atoms with Gasteiger partial charge < -0.3 is 5.11 Å². The first kappa shape index (κ1) is 9.40. The predicted molar refractivity (Wildman–Crippen MR) is 55.7 cm³/mol. The van der Waals surface area contributed by atoms with Crippen molar-refractivity contribution < 1.29 is 14.7 Å². The lowest BCUT2D eigenvalue weighted by atomic mass is 10.0. The molecule has 0 saturated heterocycles. The third kappa shape index (κ3) is 1.48. The molecule has 0 amide bonds. The highest BCUT2D eigenvalue weighted by Crippen LogP contribution is 2.21. The van der Waals surface area contributed by atoms with Crippen LogP contribution in [-0.2, 0) is 4.79 Å². The van der Waals surface area contributed by atoms with Crippen molar-refractivity contribution in [2.75, 3.05) is 0 Å². The van der Waals surface area contributed by atoms with Crippen LogP contribution >= 0.6 is 0 Å². The Bertz CT molecular complexity index is 544. The molecule has 0 saturated carbocycles. The minimum atomic E-state index is -0.997. The van der Waals surface area contributed by atoms with E-state index >= 15 is 0 Å². The van der Waals surface area contributed by atoms with Gasteiger partial charge in [0.25, 0.3) is 0 Å². The van der Waals surface area contributed by atoms with Crippen LogP contribution in [0.4, 0.5) is 0 Å². The van der Waals surface area contributed by atoms with Crippen molar-refractivity contribution in [1.29, 1.82) is 0 Å². The zero-order valence-corrected chi connectivity index (χ0v) is 7.73. The van der Waals surface area contributed by atoms with Crippen LogP contribution in [0.25, 0.3) is 10.8 Å². The summed E-state index contributed by atoms with van der Waals surface area (Å²) < 4.78 is 0. The Morgan fingerprint density at radius 2 is 1.73 bits per heavy atom. The fourth-order valence-electron chi connectivity index (χ4n) is 1.57. The van der Waals surface area contributed by atoms with E-state index in [1.54, 1.807) is 30.6 Å². The van der Waals surface area contributed by atoms with Gasteiger partial charge in [-0.15, -0.1) is 0 Å². The first-order valence-electron chi connectivity index (χ1n) is 4.37. The molecule has 1 radical (unpaired) electrons. The second-order valence-electron chi connectivity index (χ2n) is 3.11. The van der Waals surface area contributed by atoms with E-state index in [0.29, 0.717) is 16.3 Å². The maximum absolute atomic E-state index is 10.9. The molecule has 3 nitrogen and oxygen atoms in total. The average Bonchev–Trinajstić information content (AvgIpc) is 2.27. The molecule has 15 heavy (non-hydrogen) atoms. The summed E-state index contributed by atoms with van der Waals surface area (Å²) in [5, 5.41) is 10.1. The zero-order chi connectivity index (χ0) is 10.8. The summed E-state index contributed by atoms with van der Waals surface area (Å²) in [7, 11) is 0. The normalized spacial score (nSPS) is 10.1. The molecule has 3 heteroatoms. The van der Waals surface area contributed by atoms with Crippen LogP contribution < -0.4 is 0 Å². The molecule has 73 valence electrons. The second-order valence-corrected chi connectivity index (χ2v) is 3.11. The van der Waals surface area contributed by atoms with E-state index < -0.39 is 5.97 Å². The van der Waals surface area contributed by atoms with Crippen molar-refractivity contribution in [2.45, 2.75) is 0 Å². The van der Waals surface area contributed by atoms with Crippen molar-refractivity contribution in [2.24, 2.45) is 0 Å². The van der Waals surface area contributed by atoms with Crippen molar-refractivity contribution in [1.82, 2.24) is 0 Å². The molecule has 0 aromatic heterocycles. The number of carboxylic acids is 1. The van der Waals surface area contributed by atoms with Gasteiger partial charge in [-0.3, -0.25) is 4.79 Å². The Morgan fingerprint density at radius 3 is 2.33 bits per heavy atom. The molecular weight excluding hydrogens is 192 g/mol. The van der Waals surface area contributed by atoms with Gasteiger partial charge in [0, 0.05) is 5.56 Å². The SMILES string of the molecule is O=[C]c1ccc(C(=O)O)c2ccccc12. The Kier molecular flexibility index (Phi) is 2.21. The number of aromatic carboxylic acids is 1. The molecule has 0 fully saturated rings. The molecule has 0 aliphatic carbocycles. The molecule has 0 aliphatic rings. The van der Waals surface area contributed by atoms with Crippen LogP contribution in [-0.4, -0.2) is 17.4 Å². The van der Waals surface area contributed by atoms with Crippen molar-refractivity contribution in [3.8, 4) is 0 Å². The smallest absolute Gasteiger partial charge is 0.336 e. The average molecular weight is 199 g/mol. The lowest BCUT2D eigenvalue weighted by Gasteiger charge is -2.03. The van der Waals surface area contributed by atoms with Gasteiger partial charge in [-0.25, -0.2) is 4.79 Å². The lowest BCUT2D eigenvalue weighted by Crippen LogP contribution is -1.98. The van der Waals surface area contributed by atoms with Crippen LogP contribution in [0.2, 0.25) is 0 Å². The maximum Gasteiger partial charge on any atom is 0.336 e. The molecule has 2 aromatic carbocycles. The van der Waals surface area contributed by atoms with Crippen LogP contribution in [0.3, 0.4) is 0 Å². The quantitative estimate of drug-likeness (QED) is 0.804. The van der Waals surface area contributed by atoms with E-state index in [1.807, 2.05) is 0 Å². The summed E-state index contributed by atoms with van der Waals surface area (Å²) in [4.78, 5) is 21.5. The third-order valence-electron chi connectivity index (χ3n) is 2.26. The Morgan fingerprint density at radius 1 is 1.07 bits per heavy atom. The van der Waals surface area contributed by atoms with Gasteiger partial charge >= 0.3 is 5.97 Å². The molecule has 2 aromatic rings. The van der Waals surface area contributed by atoms with E-state index in [-0.39, 0.29) is 5.56 Å². The molecule has 0 unspecified atom stereocenters. The largest absolute Gasteiger partial charge is 0.478 e. The van der Waals surface area contributed by atoms with Gasteiger partial charge in [0.05, 0.1) is 5.56 Å². The highest BCUT2D eigenvalue weighted by molar-refractivity contribution is 6.08. The number of benzene rings is 2. The maximum atomic E-state index is 10.9. The van der Waals surface area contributed by atoms with Crippen LogP contribution in [0, 0.1) is 0 Å². The molecule has 0 atom stereocenters. The number of hydrogen-bond donors (Lipinski definition) is 1. The standard InChI is InChI=1S/C12H7O3/c13-7-8-5-6-11(12(14)15)10-4-2-1-3-9(8)10/h1-6H,(H,14,15). The molecular formula is C12H7O3. The van der Waals surface area contributed by atoms with E-state index in [1.165, 1.54) is 12.1 Å². The Labute approximate surface area is 86.0 Å². The Hall–Kier alpha value is -2.16. The Balaban J connectivity index is 2.89. The fourth-order valence-corrected chi connectivity index (χ4v) is 1.57.